The van der Waals surface area contributed by atoms with Crippen molar-refractivity contribution in [3.05, 3.63) is 112 Å². The molecule has 0 unspecified atom stereocenters. The SMILES string of the molecule is Cc1c(C(=O)Nc2ccc(Oc3ncnc4[nH]cc(-c5ccccc5)c34)c(F)c2)c(=O)c2cc(C(F)(F)F)ccc2n1C. The van der Waals surface area contributed by atoms with Crippen LogP contribution in [0.2, 0.25) is 0 Å². The highest BCUT2D eigenvalue weighted by atomic mass is 19.4. The van der Waals surface area contributed by atoms with Gasteiger partial charge in [0, 0.05) is 41.6 Å². The van der Waals surface area contributed by atoms with Crippen molar-refractivity contribution in [2.24, 2.45) is 7.05 Å². The second kappa shape index (κ2) is 10.4. The second-order valence-electron chi connectivity index (χ2n) is 9.75. The highest BCUT2D eigenvalue weighted by Crippen LogP contribution is 2.36. The van der Waals surface area contributed by atoms with E-state index in [1.165, 1.54) is 43.1 Å². The van der Waals surface area contributed by atoms with Crippen LogP contribution in [0, 0.1) is 12.7 Å². The number of fused-ring (bicyclic) bond motifs is 2. The predicted molar refractivity (Wildman–Crippen MR) is 153 cm³/mol. The zero-order chi connectivity index (χ0) is 30.5. The highest BCUT2D eigenvalue weighted by Gasteiger charge is 2.31. The van der Waals surface area contributed by atoms with Crippen molar-refractivity contribution in [1.82, 2.24) is 19.5 Å². The molecule has 1 amide bonds. The molecule has 3 aromatic heterocycles. The van der Waals surface area contributed by atoms with E-state index in [2.05, 4.69) is 20.3 Å². The summed E-state index contributed by atoms with van der Waals surface area (Å²) >= 11 is 0. The number of pyridine rings is 1. The quantitative estimate of drug-likeness (QED) is 0.212. The average molecular weight is 588 g/mol. The first-order valence-corrected chi connectivity index (χ1v) is 12.9. The van der Waals surface area contributed by atoms with Crippen LogP contribution in [0.3, 0.4) is 0 Å². The summed E-state index contributed by atoms with van der Waals surface area (Å²) in [5.74, 6) is -1.81. The number of ether oxygens (including phenoxy) is 1. The molecule has 43 heavy (non-hydrogen) atoms. The lowest BCUT2D eigenvalue weighted by Crippen LogP contribution is -2.26. The largest absolute Gasteiger partial charge is 0.435 e. The molecule has 0 bridgehead atoms. The van der Waals surface area contributed by atoms with Crippen LogP contribution in [0.25, 0.3) is 33.1 Å². The van der Waals surface area contributed by atoms with E-state index in [0.29, 0.717) is 11.0 Å². The number of nitrogens with zero attached hydrogens (tertiary/aromatic N) is 3. The van der Waals surface area contributed by atoms with E-state index < -0.39 is 28.9 Å². The van der Waals surface area contributed by atoms with Gasteiger partial charge in [0.1, 0.15) is 17.5 Å². The number of aryl methyl sites for hydroxylation is 1. The third-order valence-electron chi connectivity index (χ3n) is 7.17. The lowest BCUT2D eigenvalue weighted by molar-refractivity contribution is -0.137. The van der Waals surface area contributed by atoms with Crippen molar-refractivity contribution in [1.29, 1.82) is 0 Å². The Balaban J connectivity index is 1.31. The van der Waals surface area contributed by atoms with Crippen LogP contribution >= 0.6 is 0 Å². The van der Waals surface area contributed by atoms with Gasteiger partial charge in [0.2, 0.25) is 11.3 Å². The summed E-state index contributed by atoms with van der Waals surface area (Å²) in [7, 11) is 1.53. The molecule has 8 nitrogen and oxygen atoms in total. The zero-order valence-electron chi connectivity index (χ0n) is 22.6. The number of anilines is 1. The van der Waals surface area contributed by atoms with Crippen molar-refractivity contribution >= 4 is 33.5 Å². The number of carbonyl (C=O) groups excluding carboxylic acids is 1. The highest BCUT2D eigenvalue weighted by molar-refractivity contribution is 6.07. The van der Waals surface area contributed by atoms with Gasteiger partial charge in [-0.25, -0.2) is 14.4 Å². The number of rotatable bonds is 5. The van der Waals surface area contributed by atoms with Gasteiger partial charge in [-0.3, -0.25) is 9.59 Å². The van der Waals surface area contributed by atoms with Gasteiger partial charge < -0.3 is 19.6 Å². The van der Waals surface area contributed by atoms with E-state index in [1.807, 2.05) is 30.3 Å². The zero-order valence-corrected chi connectivity index (χ0v) is 22.6. The molecule has 0 saturated heterocycles. The molecule has 6 aromatic rings. The Morgan fingerprint density at radius 3 is 2.51 bits per heavy atom. The maximum Gasteiger partial charge on any atom is 0.416 e. The van der Waals surface area contributed by atoms with Crippen molar-refractivity contribution in [2.45, 2.75) is 13.1 Å². The summed E-state index contributed by atoms with van der Waals surface area (Å²) in [6, 6.07) is 15.9. The number of H-pyrrole nitrogens is 1. The lowest BCUT2D eigenvalue weighted by Gasteiger charge is -2.16. The smallest absolute Gasteiger partial charge is 0.416 e. The third-order valence-corrected chi connectivity index (χ3v) is 7.17. The monoisotopic (exact) mass is 587 g/mol. The van der Waals surface area contributed by atoms with Gasteiger partial charge >= 0.3 is 6.18 Å². The molecule has 0 radical (unpaired) electrons. The number of aromatic nitrogens is 4. The summed E-state index contributed by atoms with van der Waals surface area (Å²) in [5, 5.41) is 2.74. The van der Waals surface area contributed by atoms with Gasteiger partial charge in [-0.15, -0.1) is 0 Å². The fourth-order valence-corrected chi connectivity index (χ4v) is 4.92. The average Bonchev–Trinajstić information content (AvgIpc) is 3.42. The van der Waals surface area contributed by atoms with E-state index in [4.69, 9.17) is 4.74 Å². The minimum absolute atomic E-state index is 0.0000965. The molecule has 0 atom stereocenters. The van der Waals surface area contributed by atoms with Crippen LogP contribution in [0.4, 0.5) is 23.2 Å². The predicted octanol–water partition coefficient (Wildman–Crippen LogP) is 6.99. The number of alkyl halides is 3. The van der Waals surface area contributed by atoms with Crippen LogP contribution < -0.4 is 15.5 Å². The van der Waals surface area contributed by atoms with Gasteiger partial charge in [0.15, 0.2) is 11.6 Å². The molecule has 216 valence electrons. The molecular weight excluding hydrogens is 566 g/mol. The molecule has 3 aromatic carbocycles. The number of halogens is 4. The molecular formula is C31H21F4N5O3. The minimum Gasteiger partial charge on any atom is -0.435 e. The molecule has 2 N–H and O–H groups in total. The van der Waals surface area contributed by atoms with Gasteiger partial charge in [-0.05, 0) is 42.8 Å². The summed E-state index contributed by atoms with van der Waals surface area (Å²) < 4.78 is 62.4. The van der Waals surface area contributed by atoms with Crippen LogP contribution in [0.5, 0.6) is 11.6 Å². The Hall–Kier alpha value is -5.52. The number of carbonyl (C=O) groups is 1. The fourth-order valence-electron chi connectivity index (χ4n) is 4.92. The van der Waals surface area contributed by atoms with Crippen LogP contribution in [-0.4, -0.2) is 25.4 Å². The molecule has 0 fully saturated rings. The van der Waals surface area contributed by atoms with Gasteiger partial charge in [-0.1, -0.05) is 30.3 Å². The van der Waals surface area contributed by atoms with Crippen molar-refractivity contribution in [3.63, 3.8) is 0 Å². The first-order valence-electron chi connectivity index (χ1n) is 12.9. The van der Waals surface area contributed by atoms with E-state index >= 15 is 4.39 Å². The van der Waals surface area contributed by atoms with Crippen LogP contribution in [-0.2, 0) is 13.2 Å². The molecule has 0 spiro atoms. The van der Waals surface area contributed by atoms with Gasteiger partial charge in [0.05, 0.1) is 16.5 Å². The number of amides is 1. The molecule has 0 saturated carbocycles. The summed E-state index contributed by atoms with van der Waals surface area (Å²) in [6.07, 6.45) is -1.64. The van der Waals surface area contributed by atoms with Crippen LogP contribution in [0.1, 0.15) is 21.6 Å². The van der Waals surface area contributed by atoms with Crippen molar-refractivity contribution in [2.75, 3.05) is 5.32 Å². The molecule has 0 aliphatic heterocycles. The Labute approximate surface area is 240 Å². The number of hydrogen-bond donors (Lipinski definition) is 2. The normalized spacial score (nSPS) is 11.7. The molecule has 3 heterocycles. The van der Waals surface area contributed by atoms with Gasteiger partial charge in [0.25, 0.3) is 5.91 Å². The number of nitrogens with one attached hydrogen (secondary N) is 2. The van der Waals surface area contributed by atoms with Crippen molar-refractivity contribution in [3.8, 4) is 22.8 Å². The Bertz CT molecular complexity index is 2100. The topological polar surface area (TPSA) is 102 Å². The van der Waals surface area contributed by atoms with E-state index in [-0.39, 0.29) is 39.5 Å². The fraction of sp³-hybridized carbons (Fsp3) is 0.0968. The summed E-state index contributed by atoms with van der Waals surface area (Å²) in [4.78, 5) is 37.8. The molecule has 12 heteroatoms. The maximum atomic E-state index is 15.2. The van der Waals surface area contributed by atoms with E-state index in [9.17, 15) is 22.8 Å². The first-order chi connectivity index (χ1) is 20.5. The standard InChI is InChI=1S/C31H21F4N5O3/c1-16-25(27(41)20-12-18(31(33,34)35)8-10-23(20)40(16)2)29(42)39-19-9-11-24(22(32)13-19)43-30-26-21(17-6-4-3-5-7-17)14-36-28(26)37-15-38-30/h3-15H,1-2H3,(H,39,42)(H,36,37,38). The van der Waals surface area contributed by atoms with E-state index in [0.717, 1.165) is 29.3 Å². The first kappa shape index (κ1) is 27.6. The minimum atomic E-state index is -4.67. The number of aromatic amines is 1. The third kappa shape index (κ3) is 4.96. The van der Waals surface area contributed by atoms with Gasteiger partial charge in [-0.2, -0.15) is 13.2 Å². The molecule has 6 rings (SSSR count). The lowest BCUT2D eigenvalue weighted by atomic mass is 10.0. The molecule has 0 aliphatic rings. The number of benzene rings is 3. The molecule has 0 aliphatic carbocycles. The Morgan fingerprint density at radius 1 is 1.02 bits per heavy atom. The maximum absolute atomic E-state index is 15.2. The van der Waals surface area contributed by atoms with Crippen LogP contribution in [0.15, 0.2) is 84.0 Å². The Morgan fingerprint density at radius 2 is 1.79 bits per heavy atom. The Kier molecular flexibility index (Phi) is 6.68. The van der Waals surface area contributed by atoms with E-state index in [1.54, 1.807) is 6.20 Å². The van der Waals surface area contributed by atoms with Crippen molar-refractivity contribution < 1.29 is 27.1 Å². The second-order valence-corrected chi connectivity index (χ2v) is 9.75. The summed E-state index contributed by atoms with van der Waals surface area (Å²) in [5.41, 5.74) is 0.327. The summed E-state index contributed by atoms with van der Waals surface area (Å²) in [6.45, 7) is 1.50. The number of hydrogen-bond acceptors (Lipinski definition) is 5.